The van der Waals surface area contributed by atoms with E-state index in [2.05, 4.69) is 46.2 Å². The van der Waals surface area contributed by atoms with Gasteiger partial charge in [0.15, 0.2) is 0 Å². The maximum atomic E-state index is 11.9. The number of para-hydroxylation sites is 1. The largest absolute Gasteiger partial charge is 0.376 e. The topological polar surface area (TPSA) is 53.5 Å². The van der Waals surface area contributed by atoms with Crippen LogP contribution in [0, 0.1) is 0 Å². The Labute approximate surface area is 143 Å². The lowest BCUT2D eigenvalue weighted by Crippen LogP contribution is -2.27. The maximum Gasteiger partial charge on any atom is 0.259 e. The summed E-state index contributed by atoms with van der Waals surface area (Å²) in [4.78, 5) is 11.9. The fourth-order valence-electron chi connectivity index (χ4n) is 3.04. The Kier molecular flexibility index (Phi) is 5.61. The molecule has 1 aliphatic carbocycles. The molecular formula is C20H23N3O. The van der Waals surface area contributed by atoms with Crippen molar-refractivity contribution in [3.63, 3.8) is 0 Å². The molecule has 0 spiro atoms. The van der Waals surface area contributed by atoms with E-state index in [1.807, 2.05) is 30.3 Å². The Hall–Kier alpha value is -2.62. The van der Waals surface area contributed by atoms with Crippen molar-refractivity contribution >= 4 is 17.3 Å². The molecule has 1 amide bonds. The zero-order chi connectivity index (χ0) is 16.6. The van der Waals surface area contributed by atoms with Gasteiger partial charge in [-0.2, -0.15) is 5.10 Å². The lowest BCUT2D eigenvalue weighted by atomic mass is 9.83. The maximum absolute atomic E-state index is 11.9. The highest BCUT2D eigenvalue weighted by Crippen LogP contribution is 2.31. The molecule has 4 nitrogen and oxygen atoms in total. The lowest BCUT2D eigenvalue weighted by Gasteiger charge is -2.23. The molecule has 2 aromatic carbocycles. The fourth-order valence-corrected chi connectivity index (χ4v) is 3.04. The van der Waals surface area contributed by atoms with Crippen LogP contribution in [-0.2, 0) is 4.79 Å². The minimum absolute atomic E-state index is 0.114. The van der Waals surface area contributed by atoms with Crippen LogP contribution in [0.2, 0.25) is 0 Å². The zero-order valence-electron chi connectivity index (χ0n) is 13.7. The minimum Gasteiger partial charge on any atom is -0.376 e. The molecule has 2 N–H and O–H groups in total. The van der Waals surface area contributed by atoms with Gasteiger partial charge in [-0.25, -0.2) is 5.43 Å². The molecule has 0 bridgehead atoms. The molecule has 1 aliphatic rings. The SMILES string of the molecule is O=C(CNc1ccccc1)NN=C1CCC(c2ccccc2)CC1. The van der Waals surface area contributed by atoms with Crippen molar-refractivity contribution in [2.45, 2.75) is 31.6 Å². The van der Waals surface area contributed by atoms with E-state index in [4.69, 9.17) is 0 Å². The second-order valence-corrected chi connectivity index (χ2v) is 6.12. The molecule has 0 saturated heterocycles. The molecule has 1 saturated carbocycles. The first kappa shape index (κ1) is 16.2. The van der Waals surface area contributed by atoms with Crippen molar-refractivity contribution in [1.82, 2.24) is 5.43 Å². The van der Waals surface area contributed by atoms with Gasteiger partial charge in [0, 0.05) is 11.4 Å². The van der Waals surface area contributed by atoms with E-state index in [1.54, 1.807) is 0 Å². The van der Waals surface area contributed by atoms with Gasteiger partial charge in [-0.05, 0) is 49.3 Å². The number of hydrazone groups is 1. The summed E-state index contributed by atoms with van der Waals surface area (Å²) in [7, 11) is 0. The van der Waals surface area contributed by atoms with E-state index in [9.17, 15) is 4.79 Å². The van der Waals surface area contributed by atoms with Crippen LogP contribution in [0.1, 0.15) is 37.2 Å². The molecule has 3 rings (SSSR count). The van der Waals surface area contributed by atoms with Crippen LogP contribution in [0.5, 0.6) is 0 Å². The van der Waals surface area contributed by atoms with Gasteiger partial charge in [0.2, 0.25) is 0 Å². The predicted molar refractivity (Wildman–Crippen MR) is 98.2 cm³/mol. The highest BCUT2D eigenvalue weighted by molar-refractivity contribution is 5.88. The van der Waals surface area contributed by atoms with Crippen LogP contribution < -0.4 is 10.7 Å². The van der Waals surface area contributed by atoms with E-state index in [1.165, 1.54) is 5.56 Å². The summed E-state index contributed by atoms with van der Waals surface area (Å²) in [6, 6.07) is 20.3. The predicted octanol–water partition coefficient (Wildman–Crippen LogP) is 3.93. The van der Waals surface area contributed by atoms with Gasteiger partial charge in [-0.3, -0.25) is 4.79 Å². The van der Waals surface area contributed by atoms with Crippen molar-refractivity contribution in [1.29, 1.82) is 0 Å². The lowest BCUT2D eigenvalue weighted by molar-refractivity contribution is -0.119. The summed E-state index contributed by atoms with van der Waals surface area (Å²) < 4.78 is 0. The molecule has 0 aromatic heterocycles. The number of nitrogens with one attached hydrogen (secondary N) is 2. The van der Waals surface area contributed by atoms with Gasteiger partial charge in [0.05, 0.1) is 6.54 Å². The Morgan fingerprint density at radius 2 is 1.58 bits per heavy atom. The number of anilines is 1. The molecule has 0 unspecified atom stereocenters. The molecule has 0 atom stereocenters. The minimum atomic E-state index is -0.114. The first-order chi connectivity index (χ1) is 11.8. The van der Waals surface area contributed by atoms with Gasteiger partial charge in [-0.15, -0.1) is 0 Å². The zero-order valence-corrected chi connectivity index (χ0v) is 13.7. The number of carbonyl (C=O) groups is 1. The van der Waals surface area contributed by atoms with Crippen molar-refractivity contribution in [3.8, 4) is 0 Å². The Morgan fingerprint density at radius 1 is 0.958 bits per heavy atom. The average Bonchev–Trinajstić information content (AvgIpc) is 2.67. The third-order valence-corrected chi connectivity index (χ3v) is 4.40. The Balaban J connectivity index is 1.42. The first-order valence-electron chi connectivity index (χ1n) is 8.49. The summed E-state index contributed by atoms with van der Waals surface area (Å²) in [5.74, 6) is 0.497. The molecule has 124 valence electrons. The highest BCUT2D eigenvalue weighted by atomic mass is 16.2. The number of amides is 1. The molecule has 24 heavy (non-hydrogen) atoms. The molecule has 1 fully saturated rings. The van der Waals surface area contributed by atoms with Crippen molar-refractivity contribution in [3.05, 3.63) is 66.2 Å². The van der Waals surface area contributed by atoms with Crippen molar-refractivity contribution in [2.75, 3.05) is 11.9 Å². The number of hydrogen-bond acceptors (Lipinski definition) is 3. The summed E-state index contributed by atoms with van der Waals surface area (Å²) in [6.45, 7) is 0.230. The second-order valence-electron chi connectivity index (χ2n) is 6.12. The molecule has 2 aromatic rings. The smallest absolute Gasteiger partial charge is 0.259 e. The van der Waals surface area contributed by atoms with Crippen LogP contribution in [0.15, 0.2) is 65.8 Å². The molecule has 0 aliphatic heterocycles. The Bertz CT molecular complexity index is 673. The average molecular weight is 321 g/mol. The number of benzene rings is 2. The summed E-state index contributed by atoms with van der Waals surface area (Å²) >= 11 is 0. The van der Waals surface area contributed by atoms with E-state index in [0.29, 0.717) is 5.92 Å². The van der Waals surface area contributed by atoms with Gasteiger partial charge in [0.1, 0.15) is 0 Å². The van der Waals surface area contributed by atoms with Crippen LogP contribution in [0.4, 0.5) is 5.69 Å². The summed E-state index contributed by atoms with van der Waals surface area (Å²) in [5, 5.41) is 7.38. The third kappa shape index (κ3) is 4.69. The third-order valence-electron chi connectivity index (χ3n) is 4.40. The number of nitrogens with zero attached hydrogens (tertiary/aromatic N) is 1. The first-order valence-corrected chi connectivity index (χ1v) is 8.49. The highest BCUT2D eigenvalue weighted by Gasteiger charge is 2.19. The fraction of sp³-hybridized carbons (Fsp3) is 0.300. The number of carbonyl (C=O) groups excluding carboxylic acids is 1. The van der Waals surface area contributed by atoms with Crippen LogP contribution >= 0.6 is 0 Å². The van der Waals surface area contributed by atoms with E-state index in [-0.39, 0.29) is 12.5 Å². The van der Waals surface area contributed by atoms with Gasteiger partial charge < -0.3 is 5.32 Å². The van der Waals surface area contributed by atoms with Crippen LogP contribution in [-0.4, -0.2) is 18.2 Å². The van der Waals surface area contributed by atoms with E-state index >= 15 is 0 Å². The van der Waals surface area contributed by atoms with Crippen LogP contribution in [0.3, 0.4) is 0 Å². The van der Waals surface area contributed by atoms with Gasteiger partial charge in [0.25, 0.3) is 5.91 Å². The monoisotopic (exact) mass is 321 g/mol. The molecule has 4 heteroatoms. The molecule has 0 heterocycles. The summed E-state index contributed by atoms with van der Waals surface area (Å²) in [6.07, 6.45) is 4.10. The standard InChI is InChI=1S/C20H23N3O/c24-20(15-21-18-9-5-2-6-10-18)23-22-19-13-11-17(12-14-19)16-7-3-1-4-8-16/h1-10,17,21H,11-15H2,(H,23,24). The number of hydrogen-bond donors (Lipinski definition) is 2. The second kappa shape index (κ2) is 8.29. The van der Waals surface area contributed by atoms with Crippen LogP contribution in [0.25, 0.3) is 0 Å². The normalized spacial score (nSPS) is 17.2. The molecular weight excluding hydrogens is 298 g/mol. The number of rotatable bonds is 5. The van der Waals surface area contributed by atoms with Crippen molar-refractivity contribution < 1.29 is 4.79 Å². The van der Waals surface area contributed by atoms with E-state index in [0.717, 1.165) is 37.1 Å². The van der Waals surface area contributed by atoms with Gasteiger partial charge in [-0.1, -0.05) is 48.5 Å². The van der Waals surface area contributed by atoms with E-state index < -0.39 is 0 Å². The van der Waals surface area contributed by atoms with Crippen molar-refractivity contribution in [2.24, 2.45) is 5.10 Å². The Morgan fingerprint density at radius 3 is 2.25 bits per heavy atom. The van der Waals surface area contributed by atoms with Gasteiger partial charge >= 0.3 is 0 Å². The molecule has 0 radical (unpaired) electrons. The summed E-state index contributed by atoms with van der Waals surface area (Å²) in [5.41, 5.74) is 6.10. The quantitative estimate of drug-likeness (QED) is 0.820.